The van der Waals surface area contributed by atoms with Gasteiger partial charge in [0.15, 0.2) is 0 Å². The number of hydrogen-bond donors (Lipinski definition) is 1. The van der Waals surface area contributed by atoms with Crippen molar-refractivity contribution in [3.63, 3.8) is 0 Å². The van der Waals surface area contributed by atoms with Crippen LogP contribution in [0.1, 0.15) is 78.1 Å². The molecule has 0 unspecified atom stereocenters. The Bertz CT molecular complexity index is 311. The second-order valence-electron chi connectivity index (χ2n) is 6.15. The Hall–Kier alpha value is -1.06. The average molecular weight is 297 g/mol. The lowest BCUT2D eigenvalue weighted by atomic mass is 10.1. The molecule has 1 amide bonds. The fraction of sp³-hybridized carbons (Fsp3) is 0.882. The van der Waals surface area contributed by atoms with Crippen molar-refractivity contribution in [3.8, 4) is 0 Å². The van der Waals surface area contributed by atoms with Crippen molar-refractivity contribution in [2.75, 3.05) is 6.61 Å². The summed E-state index contributed by atoms with van der Waals surface area (Å²) >= 11 is 0. The highest BCUT2D eigenvalue weighted by atomic mass is 16.5. The lowest BCUT2D eigenvalue weighted by molar-refractivity contribution is -0.147. The Morgan fingerprint density at radius 2 is 1.71 bits per heavy atom. The molecule has 1 aliphatic rings. The molecule has 1 aliphatic carbocycles. The SMILES string of the molecule is CCCCCCCCOC(=O)[C@H](C)NC(=O)C1CCCC1. The van der Waals surface area contributed by atoms with Crippen molar-refractivity contribution < 1.29 is 14.3 Å². The van der Waals surface area contributed by atoms with Gasteiger partial charge in [0.2, 0.25) is 5.91 Å². The summed E-state index contributed by atoms with van der Waals surface area (Å²) in [5, 5.41) is 2.78. The minimum Gasteiger partial charge on any atom is -0.464 e. The molecule has 4 nitrogen and oxygen atoms in total. The van der Waals surface area contributed by atoms with E-state index < -0.39 is 6.04 Å². The lowest BCUT2D eigenvalue weighted by Crippen LogP contribution is -2.42. The molecule has 122 valence electrons. The number of esters is 1. The zero-order valence-electron chi connectivity index (χ0n) is 13.7. The van der Waals surface area contributed by atoms with E-state index in [1.807, 2.05) is 0 Å². The summed E-state index contributed by atoms with van der Waals surface area (Å²) in [6.45, 7) is 4.37. The van der Waals surface area contributed by atoms with Crippen LogP contribution in [0.2, 0.25) is 0 Å². The van der Waals surface area contributed by atoms with Crippen LogP contribution >= 0.6 is 0 Å². The summed E-state index contributed by atoms with van der Waals surface area (Å²) in [6, 6.07) is -0.529. The number of carbonyl (C=O) groups is 2. The van der Waals surface area contributed by atoms with E-state index in [4.69, 9.17) is 4.74 Å². The first-order valence-corrected chi connectivity index (χ1v) is 8.62. The van der Waals surface area contributed by atoms with Crippen LogP contribution in [0.15, 0.2) is 0 Å². The van der Waals surface area contributed by atoms with Gasteiger partial charge in [-0.2, -0.15) is 0 Å². The Labute approximate surface area is 129 Å². The van der Waals surface area contributed by atoms with Gasteiger partial charge < -0.3 is 10.1 Å². The van der Waals surface area contributed by atoms with Crippen LogP contribution in [0.25, 0.3) is 0 Å². The highest BCUT2D eigenvalue weighted by molar-refractivity contribution is 5.85. The molecular formula is C17H31NO3. The van der Waals surface area contributed by atoms with Crippen molar-refractivity contribution in [1.82, 2.24) is 5.32 Å². The fourth-order valence-electron chi connectivity index (χ4n) is 2.76. The third kappa shape index (κ3) is 7.49. The summed E-state index contributed by atoms with van der Waals surface area (Å²) in [5.74, 6) is -0.203. The molecule has 0 aromatic heterocycles. The first-order chi connectivity index (χ1) is 10.1. The number of ether oxygens (including phenoxy) is 1. The van der Waals surface area contributed by atoms with Crippen LogP contribution < -0.4 is 5.32 Å². The molecule has 0 heterocycles. The molecule has 0 radical (unpaired) electrons. The van der Waals surface area contributed by atoms with Crippen molar-refractivity contribution in [2.24, 2.45) is 5.92 Å². The van der Waals surface area contributed by atoms with Gasteiger partial charge in [-0.05, 0) is 26.2 Å². The Morgan fingerprint density at radius 1 is 1.10 bits per heavy atom. The summed E-state index contributed by atoms with van der Waals surface area (Å²) in [4.78, 5) is 23.7. The van der Waals surface area contributed by atoms with Crippen molar-refractivity contribution >= 4 is 11.9 Å². The minimum absolute atomic E-state index is 0.0107. The van der Waals surface area contributed by atoms with Gasteiger partial charge in [-0.25, -0.2) is 4.79 Å². The summed E-state index contributed by atoms with van der Waals surface area (Å²) in [7, 11) is 0. The molecule has 0 saturated heterocycles. The van der Waals surface area contributed by atoms with E-state index >= 15 is 0 Å². The van der Waals surface area contributed by atoms with Crippen LogP contribution in [0.3, 0.4) is 0 Å². The number of amides is 1. The van der Waals surface area contributed by atoms with E-state index in [1.165, 1.54) is 25.7 Å². The van der Waals surface area contributed by atoms with E-state index in [0.717, 1.165) is 38.5 Å². The quantitative estimate of drug-likeness (QED) is 0.495. The number of hydrogen-bond acceptors (Lipinski definition) is 3. The molecule has 0 spiro atoms. The topological polar surface area (TPSA) is 55.4 Å². The largest absolute Gasteiger partial charge is 0.464 e. The summed E-state index contributed by atoms with van der Waals surface area (Å²) < 4.78 is 5.22. The third-order valence-corrected chi connectivity index (χ3v) is 4.18. The van der Waals surface area contributed by atoms with Crippen LogP contribution in [0, 0.1) is 5.92 Å². The van der Waals surface area contributed by atoms with Gasteiger partial charge in [0.25, 0.3) is 0 Å². The van der Waals surface area contributed by atoms with E-state index in [2.05, 4.69) is 12.2 Å². The van der Waals surface area contributed by atoms with Crippen LogP contribution in [-0.4, -0.2) is 24.5 Å². The first kappa shape index (κ1) is 18.0. The van der Waals surface area contributed by atoms with Crippen molar-refractivity contribution in [1.29, 1.82) is 0 Å². The second kappa shape index (κ2) is 10.6. The molecule has 1 fully saturated rings. The number of rotatable bonds is 10. The molecule has 0 bridgehead atoms. The van der Waals surface area contributed by atoms with Gasteiger partial charge in [-0.3, -0.25) is 4.79 Å². The molecule has 0 aliphatic heterocycles. The molecule has 1 saturated carbocycles. The molecule has 1 N–H and O–H groups in total. The van der Waals surface area contributed by atoms with Gasteiger partial charge >= 0.3 is 5.97 Å². The molecule has 1 atom stereocenters. The number of unbranched alkanes of at least 4 members (excludes halogenated alkanes) is 5. The zero-order chi connectivity index (χ0) is 15.5. The number of carbonyl (C=O) groups excluding carboxylic acids is 2. The zero-order valence-corrected chi connectivity index (χ0v) is 13.7. The lowest BCUT2D eigenvalue weighted by Gasteiger charge is -2.16. The van der Waals surface area contributed by atoms with E-state index in [-0.39, 0.29) is 17.8 Å². The Balaban J connectivity index is 2.06. The van der Waals surface area contributed by atoms with Crippen LogP contribution in [0.5, 0.6) is 0 Å². The molecule has 1 rings (SSSR count). The van der Waals surface area contributed by atoms with Crippen LogP contribution in [-0.2, 0) is 14.3 Å². The summed E-state index contributed by atoms with van der Waals surface area (Å²) in [5.41, 5.74) is 0. The maximum absolute atomic E-state index is 11.9. The van der Waals surface area contributed by atoms with Gasteiger partial charge in [0.1, 0.15) is 6.04 Å². The predicted molar refractivity (Wildman–Crippen MR) is 83.9 cm³/mol. The van der Waals surface area contributed by atoms with Crippen LogP contribution in [0.4, 0.5) is 0 Å². The van der Waals surface area contributed by atoms with Gasteiger partial charge in [-0.15, -0.1) is 0 Å². The molecular weight excluding hydrogens is 266 g/mol. The summed E-state index contributed by atoms with van der Waals surface area (Å²) in [6.07, 6.45) is 11.2. The maximum Gasteiger partial charge on any atom is 0.328 e. The standard InChI is InChI=1S/C17H31NO3/c1-3-4-5-6-7-10-13-21-17(20)14(2)18-16(19)15-11-8-9-12-15/h14-15H,3-13H2,1-2H3,(H,18,19)/t14-/m0/s1. The van der Waals surface area contributed by atoms with E-state index in [0.29, 0.717) is 6.61 Å². The van der Waals surface area contributed by atoms with E-state index in [1.54, 1.807) is 6.92 Å². The highest BCUT2D eigenvalue weighted by Crippen LogP contribution is 2.24. The molecule has 0 aromatic rings. The molecule has 4 heteroatoms. The van der Waals surface area contributed by atoms with Gasteiger partial charge in [-0.1, -0.05) is 51.9 Å². The molecule has 21 heavy (non-hydrogen) atoms. The smallest absolute Gasteiger partial charge is 0.328 e. The average Bonchev–Trinajstić information content (AvgIpc) is 3.00. The highest BCUT2D eigenvalue weighted by Gasteiger charge is 2.25. The minimum atomic E-state index is -0.529. The second-order valence-corrected chi connectivity index (χ2v) is 6.15. The Morgan fingerprint density at radius 3 is 2.38 bits per heavy atom. The van der Waals surface area contributed by atoms with Gasteiger partial charge in [0.05, 0.1) is 6.61 Å². The molecule has 0 aromatic carbocycles. The third-order valence-electron chi connectivity index (χ3n) is 4.18. The first-order valence-electron chi connectivity index (χ1n) is 8.62. The van der Waals surface area contributed by atoms with E-state index in [9.17, 15) is 9.59 Å². The maximum atomic E-state index is 11.9. The fourth-order valence-corrected chi connectivity index (χ4v) is 2.76. The van der Waals surface area contributed by atoms with Crippen molar-refractivity contribution in [3.05, 3.63) is 0 Å². The predicted octanol–water partition coefficient (Wildman–Crippen LogP) is 3.59. The van der Waals surface area contributed by atoms with Gasteiger partial charge in [0, 0.05) is 5.92 Å². The normalized spacial score (nSPS) is 16.7. The Kier molecular flexibility index (Phi) is 9.11. The van der Waals surface area contributed by atoms with Crippen molar-refractivity contribution in [2.45, 2.75) is 84.1 Å². The number of nitrogens with one attached hydrogen (secondary N) is 1. The monoisotopic (exact) mass is 297 g/mol.